The van der Waals surface area contributed by atoms with Crippen LogP contribution >= 0.6 is 23.1 Å². The van der Waals surface area contributed by atoms with Crippen LogP contribution < -0.4 is 5.56 Å². The topological polar surface area (TPSA) is 72.2 Å². The molecule has 106 valence electrons. The highest BCUT2D eigenvalue weighted by Crippen LogP contribution is 2.46. The van der Waals surface area contributed by atoms with Gasteiger partial charge >= 0.3 is 5.97 Å². The third-order valence-electron chi connectivity index (χ3n) is 3.55. The standard InChI is InChI=1S/C13H14N2O3S2/c1-2-7-5-9(7)15-12(18)11-8(3-4-19-11)14-13(15)20-6-10(16)17/h3-4,7,9H,2,5-6H2,1H3,(H,16,17). The number of thiophene rings is 1. The van der Waals surface area contributed by atoms with Crippen molar-refractivity contribution in [1.29, 1.82) is 0 Å². The fourth-order valence-corrected chi connectivity index (χ4v) is 3.95. The number of carboxylic acid groups (broad SMARTS) is 1. The normalized spacial score (nSPS) is 21.2. The van der Waals surface area contributed by atoms with Gasteiger partial charge in [0.15, 0.2) is 5.16 Å². The van der Waals surface area contributed by atoms with Crippen molar-refractivity contribution < 1.29 is 9.90 Å². The Morgan fingerprint density at radius 1 is 1.65 bits per heavy atom. The van der Waals surface area contributed by atoms with Gasteiger partial charge in [0.05, 0.1) is 11.3 Å². The molecule has 0 radical (unpaired) electrons. The molecule has 5 nitrogen and oxygen atoms in total. The first kappa shape index (κ1) is 13.6. The van der Waals surface area contributed by atoms with E-state index in [1.54, 1.807) is 10.6 Å². The van der Waals surface area contributed by atoms with Gasteiger partial charge in [-0.1, -0.05) is 25.1 Å². The Morgan fingerprint density at radius 3 is 3.10 bits per heavy atom. The van der Waals surface area contributed by atoms with Gasteiger partial charge in [-0.15, -0.1) is 11.3 Å². The van der Waals surface area contributed by atoms with Gasteiger partial charge in [-0.25, -0.2) is 4.98 Å². The number of carboxylic acids is 1. The van der Waals surface area contributed by atoms with Crippen molar-refractivity contribution in [2.75, 3.05) is 5.75 Å². The first-order valence-corrected chi connectivity index (χ1v) is 8.32. The van der Waals surface area contributed by atoms with Crippen molar-refractivity contribution in [3.8, 4) is 0 Å². The summed E-state index contributed by atoms with van der Waals surface area (Å²) in [6, 6.07) is 1.99. The number of rotatable bonds is 5. The average Bonchev–Trinajstić information content (AvgIpc) is 3.03. The molecule has 1 saturated carbocycles. The van der Waals surface area contributed by atoms with Crippen molar-refractivity contribution in [3.63, 3.8) is 0 Å². The van der Waals surface area contributed by atoms with Crippen LogP contribution in [-0.2, 0) is 4.79 Å². The Bertz CT molecular complexity index is 722. The molecule has 0 aliphatic heterocycles. The zero-order valence-corrected chi connectivity index (χ0v) is 12.5. The Hall–Kier alpha value is -1.34. The summed E-state index contributed by atoms with van der Waals surface area (Å²) >= 11 is 2.52. The molecule has 3 rings (SSSR count). The van der Waals surface area contributed by atoms with E-state index >= 15 is 0 Å². The number of nitrogens with zero attached hydrogens (tertiary/aromatic N) is 2. The van der Waals surface area contributed by atoms with Crippen molar-refractivity contribution >= 4 is 39.3 Å². The summed E-state index contributed by atoms with van der Waals surface area (Å²) in [5.74, 6) is -0.467. The maximum atomic E-state index is 12.6. The number of carbonyl (C=O) groups is 1. The van der Waals surface area contributed by atoms with E-state index < -0.39 is 5.97 Å². The van der Waals surface area contributed by atoms with E-state index in [2.05, 4.69) is 11.9 Å². The molecule has 1 aliphatic carbocycles. The Morgan fingerprint density at radius 2 is 2.45 bits per heavy atom. The van der Waals surface area contributed by atoms with E-state index in [9.17, 15) is 9.59 Å². The zero-order chi connectivity index (χ0) is 14.3. The minimum atomic E-state index is -0.899. The fourth-order valence-electron chi connectivity index (χ4n) is 2.41. The van der Waals surface area contributed by atoms with Crippen molar-refractivity contribution in [3.05, 3.63) is 21.8 Å². The molecule has 2 unspecified atom stereocenters. The summed E-state index contributed by atoms with van der Waals surface area (Å²) in [7, 11) is 0. The molecule has 1 fully saturated rings. The summed E-state index contributed by atoms with van der Waals surface area (Å²) in [5, 5.41) is 11.2. The van der Waals surface area contributed by atoms with Crippen LogP contribution in [0.3, 0.4) is 0 Å². The Balaban J connectivity index is 2.07. The molecule has 7 heteroatoms. The third-order valence-corrected chi connectivity index (χ3v) is 5.37. The lowest BCUT2D eigenvalue weighted by Gasteiger charge is -2.10. The van der Waals surface area contributed by atoms with Crippen molar-refractivity contribution in [2.45, 2.75) is 31.0 Å². The predicted octanol–water partition coefficient (Wildman–Crippen LogP) is 2.61. The molecule has 0 saturated heterocycles. The van der Waals surface area contributed by atoms with Crippen LogP contribution in [0.4, 0.5) is 0 Å². The van der Waals surface area contributed by atoms with E-state index in [0.29, 0.717) is 21.3 Å². The fraction of sp³-hybridized carbons (Fsp3) is 0.462. The number of fused-ring (bicyclic) bond motifs is 1. The molecule has 2 aromatic heterocycles. The molecule has 0 amide bonds. The second-order valence-electron chi connectivity index (χ2n) is 4.86. The molecule has 0 bridgehead atoms. The molecule has 0 spiro atoms. The van der Waals surface area contributed by atoms with Crippen molar-refractivity contribution in [2.24, 2.45) is 5.92 Å². The zero-order valence-electron chi connectivity index (χ0n) is 10.9. The number of hydrogen-bond donors (Lipinski definition) is 1. The van der Waals surface area contributed by atoms with Gasteiger partial charge in [-0.3, -0.25) is 14.2 Å². The first-order chi connectivity index (χ1) is 9.61. The van der Waals surface area contributed by atoms with Gasteiger partial charge < -0.3 is 5.11 Å². The second-order valence-corrected chi connectivity index (χ2v) is 6.72. The molecule has 20 heavy (non-hydrogen) atoms. The lowest BCUT2D eigenvalue weighted by molar-refractivity contribution is -0.133. The maximum absolute atomic E-state index is 12.6. The van der Waals surface area contributed by atoms with Crippen molar-refractivity contribution in [1.82, 2.24) is 9.55 Å². The van der Waals surface area contributed by atoms with Gasteiger partial charge in [0.2, 0.25) is 0 Å². The Kier molecular flexibility index (Phi) is 3.55. The van der Waals surface area contributed by atoms with Crippen LogP contribution in [0.1, 0.15) is 25.8 Å². The lowest BCUT2D eigenvalue weighted by Crippen LogP contribution is -2.22. The van der Waals surface area contributed by atoms with E-state index in [4.69, 9.17) is 5.11 Å². The Labute approximate surface area is 123 Å². The summed E-state index contributed by atoms with van der Waals surface area (Å²) in [6.07, 6.45) is 2.01. The number of hydrogen-bond acceptors (Lipinski definition) is 5. The predicted molar refractivity (Wildman–Crippen MR) is 79.7 cm³/mol. The highest BCUT2D eigenvalue weighted by Gasteiger charge is 2.39. The van der Waals surface area contributed by atoms with Gasteiger partial charge in [-0.2, -0.15) is 0 Å². The molecule has 0 aromatic carbocycles. The van der Waals surface area contributed by atoms with Crippen LogP contribution in [0.2, 0.25) is 0 Å². The van der Waals surface area contributed by atoms with Crippen LogP contribution in [0.15, 0.2) is 21.4 Å². The van der Waals surface area contributed by atoms with Gasteiger partial charge in [-0.05, 0) is 23.8 Å². The molecule has 2 heterocycles. The van der Waals surface area contributed by atoms with Crippen LogP contribution in [0.25, 0.3) is 10.2 Å². The van der Waals surface area contributed by atoms with Crippen LogP contribution in [0, 0.1) is 5.92 Å². The minimum Gasteiger partial charge on any atom is -0.481 e. The largest absolute Gasteiger partial charge is 0.481 e. The minimum absolute atomic E-state index is 0.0289. The number of aliphatic carboxylic acids is 1. The SMILES string of the molecule is CCC1CC1n1c(SCC(=O)O)nc2ccsc2c1=O. The molecule has 1 aliphatic rings. The summed E-state index contributed by atoms with van der Waals surface area (Å²) in [5.41, 5.74) is 0.636. The van der Waals surface area contributed by atoms with Gasteiger partial charge in [0.25, 0.3) is 5.56 Å². The molecular formula is C13H14N2O3S2. The van der Waals surface area contributed by atoms with E-state index in [1.165, 1.54) is 11.3 Å². The monoisotopic (exact) mass is 310 g/mol. The molecule has 1 N–H and O–H groups in total. The quantitative estimate of drug-likeness (QED) is 0.679. The van der Waals surface area contributed by atoms with Crippen LogP contribution in [0.5, 0.6) is 0 Å². The molecule has 2 atom stereocenters. The van der Waals surface area contributed by atoms with Gasteiger partial charge in [0, 0.05) is 6.04 Å². The third kappa shape index (κ3) is 2.35. The number of aromatic nitrogens is 2. The molecule has 2 aromatic rings. The number of thioether (sulfide) groups is 1. The van der Waals surface area contributed by atoms with E-state index in [1.807, 2.05) is 5.38 Å². The lowest BCUT2D eigenvalue weighted by atomic mass is 10.3. The smallest absolute Gasteiger partial charge is 0.313 e. The van der Waals surface area contributed by atoms with Crippen LogP contribution in [-0.4, -0.2) is 26.4 Å². The van der Waals surface area contributed by atoms with Gasteiger partial charge in [0.1, 0.15) is 4.70 Å². The van der Waals surface area contributed by atoms with E-state index in [0.717, 1.165) is 24.6 Å². The average molecular weight is 310 g/mol. The second kappa shape index (κ2) is 5.21. The highest BCUT2D eigenvalue weighted by molar-refractivity contribution is 7.99. The molecular weight excluding hydrogens is 296 g/mol. The maximum Gasteiger partial charge on any atom is 0.313 e. The highest BCUT2D eigenvalue weighted by atomic mass is 32.2. The summed E-state index contributed by atoms with van der Waals surface area (Å²) < 4.78 is 2.37. The summed E-state index contributed by atoms with van der Waals surface area (Å²) in [4.78, 5) is 27.8. The summed E-state index contributed by atoms with van der Waals surface area (Å²) in [6.45, 7) is 2.11. The first-order valence-electron chi connectivity index (χ1n) is 6.46. The van der Waals surface area contributed by atoms with E-state index in [-0.39, 0.29) is 17.4 Å².